The summed E-state index contributed by atoms with van der Waals surface area (Å²) in [6.07, 6.45) is 2.98. The van der Waals surface area contributed by atoms with Crippen LogP contribution >= 0.6 is 15.9 Å². The molecule has 5 aromatic rings. The van der Waals surface area contributed by atoms with Crippen molar-refractivity contribution in [3.63, 3.8) is 0 Å². The summed E-state index contributed by atoms with van der Waals surface area (Å²) < 4.78 is 8.19. The third kappa shape index (κ3) is 3.58. The molecule has 0 saturated heterocycles. The van der Waals surface area contributed by atoms with Crippen LogP contribution in [0.4, 0.5) is 4.79 Å². The fraction of sp³-hybridized carbons (Fsp3) is 0.185. The first kappa shape index (κ1) is 22.5. The van der Waals surface area contributed by atoms with Gasteiger partial charge in [0, 0.05) is 21.8 Å². The number of nitrogens with one attached hydrogen (secondary N) is 1. The number of halogens is 1. The van der Waals surface area contributed by atoms with Gasteiger partial charge in [-0.2, -0.15) is 5.10 Å². The number of amides is 2. The Morgan fingerprint density at radius 1 is 1.06 bits per heavy atom. The maximum absolute atomic E-state index is 13.7. The van der Waals surface area contributed by atoms with Gasteiger partial charge in [-0.3, -0.25) is 4.79 Å². The molecule has 0 unspecified atom stereocenters. The number of imide groups is 1. The SMILES string of the molecule is CC(C)(C)OC(=O)N1Cc2c(-c3cnn4ccccc34)ccc(-c3nc4c(Br)cccc4[nH]3)c2C1=O. The van der Waals surface area contributed by atoms with Crippen LogP contribution < -0.4 is 0 Å². The monoisotopic (exact) mass is 543 g/mol. The first-order valence-corrected chi connectivity index (χ1v) is 12.3. The largest absolute Gasteiger partial charge is 0.443 e. The van der Waals surface area contributed by atoms with E-state index in [2.05, 4.69) is 26.0 Å². The number of H-pyrrole nitrogens is 1. The standard InChI is InChI=1S/C27H22BrN5O3/c1-27(2,3)36-26(35)32-14-18-15(17-13-29-33-12-5-4-9-21(17)33)10-11-16(22(18)25(32)34)24-30-20-8-6-7-19(28)23(20)31-24/h4-13H,14H2,1-3H3,(H,30,31). The van der Waals surface area contributed by atoms with Gasteiger partial charge in [-0.1, -0.05) is 18.2 Å². The van der Waals surface area contributed by atoms with Crippen molar-refractivity contribution < 1.29 is 14.3 Å². The van der Waals surface area contributed by atoms with Crippen molar-refractivity contribution >= 4 is 44.5 Å². The molecule has 0 radical (unpaired) electrons. The Morgan fingerprint density at radius 3 is 2.64 bits per heavy atom. The molecule has 6 rings (SSSR count). The fourth-order valence-electron chi connectivity index (χ4n) is 4.60. The molecular weight excluding hydrogens is 522 g/mol. The highest BCUT2D eigenvalue weighted by Crippen LogP contribution is 2.40. The van der Waals surface area contributed by atoms with Crippen LogP contribution in [0.1, 0.15) is 36.7 Å². The zero-order chi connectivity index (χ0) is 25.2. The molecule has 9 heteroatoms. The lowest BCUT2D eigenvalue weighted by atomic mass is 9.93. The average molecular weight is 544 g/mol. The zero-order valence-corrected chi connectivity index (χ0v) is 21.5. The quantitative estimate of drug-likeness (QED) is 0.286. The zero-order valence-electron chi connectivity index (χ0n) is 19.9. The van der Waals surface area contributed by atoms with E-state index in [0.29, 0.717) is 17.0 Å². The summed E-state index contributed by atoms with van der Waals surface area (Å²) in [6, 6.07) is 15.4. The van der Waals surface area contributed by atoms with Crippen LogP contribution in [0.5, 0.6) is 0 Å². The van der Waals surface area contributed by atoms with Gasteiger partial charge >= 0.3 is 6.09 Å². The highest BCUT2D eigenvalue weighted by atomic mass is 79.9. The van der Waals surface area contributed by atoms with Crippen LogP contribution in [-0.4, -0.2) is 42.1 Å². The normalized spacial score (nSPS) is 13.6. The summed E-state index contributed by atoms with van der Waals surface area (Å²) in [6.45, 7) is 5.43. The molecule has 4 heterocycles. The average Bonchev–Trinajstić information content (AvgIpc) is 3.54. The second-order valence-electron chi connectivity index (χ2n) is 9.70. The molecule has 36 heavy (non-hydrogen) atoms. The van der Waals surface area contributed by atoms with Gasteiger partial charge in [-0.15, -0.1) is 0 Å². The lowest BCUT2D eigenvalue weighted by Gasteiger charge is -2.23. The van der Waals surface area contributed by atoms with Gasteiger partial charge < -0.3 is 9.72 Å². The number of carbonyl (C=O) groups is 2. The molecule has 2 amide bonds. The number of imidazole rings is 1. The molecule has 0 aliphatic carbocycles. The van der Waals surface area contributed by atoms with Gasteiger partial charge in [0.15, 0.2) is 0 Å². The second-order valence-corrected chi connectivity index (χ2v) is 10.6. The maximum Gasteiger partial charge on any atom is 0.417 e. The molecule has 0 fully saturated rings. The smallest absolute Gasteiger partial charge is 0.417 e. The van der Waals surface area contributed by atoms with E-state index in [0.717, 1.165) is 42.6 Å². The molecule has 3 aromatic heterocycles. The number of hydrogen-bond acceptors (Lipinski definition) is 5. The third-order valence-corrected chi connectivity index (χ3v) is 6.78. The van der Waals surface area contributed by atoms with E-state index < -0.39 is 17.6 Å². The molecule has 8 nitrogen and oxygen atoms in total. The van der Waals surface area contributed by atoms with Crippen LogP contribution in [0, 0.1) is 0 Å². The predicted octanol–water partition coefficient (Wildman–Crippen LogP) is 6.20. The number of rotatable bonds is 2. The Hall–Kier alpha value is -3.98. The van der Waals surface area contributed by atoms with Crippen LogP contribution in [0.25, 0.3) is 39.1 Å². The predicted molar refractivity (Wildman–Crippen MR) is 140 cm³/mol. The minimum absolute atomic E-state index is 0.0976. The first-order valence-electron chi connectivity index (χ1n) is 11.5. The van der Waals surface area contributed by atoms with Gasteiger partial charge in [0.05, 0.1) is 29.3 Å². The number of carbonyl (C=O) groups excluding carboxylic acids is 2. The van der Waals surface area contributed by atoms with E-state index in [1.54, 1.807) is 31.5 Å². The minimum Gasteiger partial charge on any atom is -0.443 e. The number of aromatic amines is 1. The Balaban J connectivity index is 1.55. The number of fused-ring (bicyclic) bond motifs is 3. The molecule has 1 aliphatic rings. The van der Waals surface area contributed by atoms with Gasteiger partial charge in [0.1, 0.15) is 16.9 Å². The number of aromatic nitrogens is 4. The summed E-state index contributed by atoms with van der Waals surface area (Å²) in [7, 11) is 0. The van der Waals surface area contributed by atoms with E-state index in [1.807, 2.05) is 54.7 Å². The Kier molecular flexibility index (Phi) is 5.01. The fourth-order valence-corrected chi connectivity index (χ4v) is 5.06. The van der Waals surface area contributed by atoms with Crippen molar-refractivity contribution in [2.75, 3.05) is 0 Å². The Labute approximate surface area is 215 Å². The third-order valence-electron chi connectivity index (χ3n) is 6.14. The van der Waals surface area contributed by atoms with Gasteiger partial charge in [0.25, 0.3) is 5.91 Å². The van der Waals surface area contributed by atoms with Crippen LogP contribution in [0.3, 0.4) is 0 Å². The minimum atomic E-state index is -0.731. The van der Waals surface area contributed by atoms with E-state index in [-0.39, 0.29) is 6.54 Å². The Bertz CT molecular complexity index is 1700. The van der Waals surface area contributed by atoms with Crippen molar-refractivity contribution in [1.82, 2.24) is 24.5 Å². The van der Waals surface area contributed by atoms with Crippen molar-refractivity contribution in [2.45, 2.75) is 32.9 Å². The summed E-state index contributed by atoms with van der Waals surface area (Å²) >= 11 is 3.55. The molecule has 0 spiro atoms. The molecule has 1 aliphatic heterocycles. The van der Waals surface area contributed by atoms with E-state index in [1.165, 1.54) is 0 Å². The second kappa shape index (κ2) is 8.03. The molecule has 0 saturated carbocycles. The number of pyridine rings is 1. The topological polar surface area (TPSA) is 92.6 Å². The number of hydrogen-bond donors (Lipinski definition) is 1. The molecule has 2 aromatic carbocycles. The lowest BCUT2D eigenvalue weighted by molar-refractivity contribution is 0.0248. The number of ether oxygens (including phenoxy) is 1. The van der Waals surface area contributed by atoms with Crippen LogP contribution in [-0.2, 0) is 11.3 Å². The van der Waals surface area contributed by atoms with Gasteiger partial charge in [0.2, 0.25) is 0 Å². The van der Waals surface area contributed by atoms with E-state index in [4.69, 9.17) is 9.72 Å². The molecular formula is C27H22BrN5O3. The molecule has 180 valence electrons. The number of benzene rings is 2. The highest BCUT2D eigenvalue weighted by molar-refractivity contribution is 9.10. The number of nitrogens with zero attached hydrogens (tertiary/aromatic N) is 4. The summed E-state index contributed by atoms with van der Waals surface area (Å²) in [5.41, 5.74) is 5.30. The molecule has 0 atom stereocenters. The summed E-state index contributed by atoms with van der Waals surface area (Å²) in [4.78, 5) is 36.0. The lowest BCUT2D eigenvalue weighted by Crippen LogP contribution is -2.37. The van der Waals surface area contributed by atoms with Crippen LogP contribution in [0.2, 0.25) is 0 Å². The summed E-state index contributed by atoms with van der Waals surface area (Å²) in [5, 5.41) is 4.46. The molecule has 0 bridgehead atoms. The van der Waals surface area contributed by atoms with Gasteiger partial charge in [-0.25, -0.2) is 19.2 Å². The maximum atomic E-state index is 13.7. The van der Waals surface area contributed by atoms with Crippen molar-refractivity contribution in [3.05, 3.63) is 76.5 Å². The summed E-state index contributed by atoms with van der Waals surface area (Å²) in [5.74, 6) is 0.144. The van der Waals surface area contributed by atoms with E-state index >= 15 is 0 Å². The van der Waals surface area contributed by atoms with Crippen molar-refractivity contribution in [2.24, 2.45) is 0 Å². The first-order chi connectivity index (χ1) is 17.2. The van der Waals surface area contributed by atoms with Crippen molar-refractivity contribution in [1.29, 1.82) is 0 Å². The van der Waals surface area contributed by atoms with Crippen molar-refractivity contribution in [3.8, 4) is 22.5 Å². The van der Waals surface area contributed by atoms with Gasteiger partial charge in [-0.05, 0) is 78.2 Å². The number of para-hydroxylation sites is 1. The highest BCUT2D eigenvalue weighted by Gasteiger charge is 2.39. The van der Waals surface area contributed by atoms with Crippen LogP contribution in [0.15, 0.2) is 65.4 Å². The molecule has 1 N–H and O–H groups in total. The van der Waals surface area contributed by atoms with E-state index in [9.17, 15) is 9.59 Å². The Morgan fingerprint density at radius 2 is 1.86 bits per heavy atom.